The number of aryl methyl sites for hydroxylation is 1. The Hall–Kier alpha value is -2.89. The molecule has 0 heterocycles. The van der Waals surface area contributed by atoms with E-state index < -0.39 is 4.92 Å². The molecule has 6 heteroatoms. The van der Waals surface area contributed by atoms with Gasteiger partial charge in [0, 0.05) is 18.7 Å². The molecule has 0 aliphatic carbocycles. The maximum atomic E-state index is 11.4. The van der Waals surface area contributed by atoms with E-state index >= 15 is 0 Å². The van der Waals surface area contributed by atoms with Crippen LogP contribution in [0, 0.1) is 17.0 Å². The third kappa shape index (κ3) is 4.29. The van der Waals surface area contributed by atoms with Crippen LogP contribution in [0.25, 0.3) is 0 Å². The van der Waals surface area contributed by atoms with Gasteiger partial charge in [0.25, 0.3) is 5.69 Å². The predicted octanol–water partition coefficient (Wildman–Crippen LogP) is 3.84. The number of amides is 1. The van der Waals surface area contributed by atoms with Crippen molar-refractivity contribution >= 4 is 23.0 Å². The van der Waals surface area contributed by atoms with Gasteiger partial charge in [0.2, 0.25) is 5.91 Å². The van der Waals surface area contributed by atoms with Crippen molar-refractivity contribution in [2.45, 2.75) is 26.8 Å². The summed E-state index contributed by atoms with van der Waals surface area (Å²) in [7, 11) is 0. The van der Waals surface area contributed by atoms with E-state index in [1.54, 1.807) is 19.1 Å². The monoisotopic (exact) mass is 313 g/mol. The maximum absolute atomic E-state index is 11.4. The Balaban J connectivity index is 2.33. The van der Waals surface area contributed by atoms with Crippen molar-refractivity contribution < 1.29 is 9.72 Å². The van der Waals surface area contributed by atoms with Crippen LogP contribution in [0.3, 0.4) is 0 Å². The third-order valence-corrected chi connectivity index (χ3v) is 3.44. The molecule has 0 saturated heterocycles. The number of nitro groups is 1. The molecule has 1 amide bonds. The van der Waals surface area contributed by atoms with Gasteiger partial charge in [0.1, 0.15) is 5.69 Å². The molecule has 2 aromatic carbocycles. The van der Waals surface area contributed by atoms with E-state index in [4.69, 9.17) is 0 Å². The molecule has 2 rings (SSSR count). The predicted molar refractivity (Wildman–Crippen MR) is 89.8 cm³/mol. The molecule has 0 aliphatic heterocycles. The highest BCUT2D eigenvalue weighted by Crippen LogP contribution is 2.30. The number of nitro benzene ring substituents is 1. The Labute approximate surface area is 134 Å². The molecule has 0 aromatic heterocycles. The molecule has 120 valence electrons. The van der Waals surface area contributed by atoms with E-state index in [-0.39, 0.29) is 17.6 Å². The van der Waals surface area contributed by atoms with Crippen molar-refractivity contribution in [2.75, 3.05) is 5.32 Å². The average Bonchev–Trinajstić information content (AvgIpc) is 2.46. The Kier molecular flexibility index (Phi) is 4.95. The minimum absolute atomic E-state index is 0.0267. The SMILES string of the molecule is CC(=O)NC(C)c1ccc(Nc2cccc(C)c2)c([N+](=O)[O-])c1. The van der Waals surface area contributed by atoms with Crippen molar-refractivity contribution in [3.05, 3.63) is 63.7 Å². The van der Waals surface area contributed by atoms with E-state index in [9.17, 15) is 14.9 Å². The molecule has 0 aliphatic rings. The minimum atomic E-state index is -0.428. The summed E-state index contributed by atoms with van der Waals surface area (Å²) in [5.74, 6) is -0.179. The normalized spacial score (nSPS) is 11.6. The first-order valence-corrected chi connectivity index (χ1v) is 7.26. The number of hydrogen-bond donors (Lipinski definition) is 2. The standard InChI is InChI=1S/C17H19N3O3/c1-11-5-4-6-15(9-11)19-16-8-7-14(10-17(16)20(22)23)12(2)18-13(3)21/h4-10,12,19H,1-3H3,(H,18,21). The Morgan fingerprint density at radius 2 is 1.96 bits per heavy atom. The fourth-order valence-corrected chi connectivity index (χ4v) is 2.34. The lowest BCUT2D eigenvalue weighted by atomic mass is 10.1. The molecule has 6 nitrogen and oxygen atoms in total. The summed E-state index contributed by atoms with van der Waals surface area (Å²) in [5, 5.41) is 17.1. The van der Waals surface area contributed by atoms with Crippen LogP contribution in [-0.4, -0.2) is 10.8 Å². The molecule has 0 radical (unpaired) electrons. The summed E-state index contributed by atoms with van der Waals surface area (Å²) in [6, 6.07) is 12.2. The summed E-state index contributed by atoms with van der Waals surface area (Å²) >= 11 is 0. The molecule has 1 unspecified atom stereocenters. The Morgan fingerprint density at radius 1 is 1.22 bits per heavy atom. The second kappa shape index (κ2) is 6.91. The van der Waals surface area contributed by atoms with Crippen LogP contribution in [0.5, 0.6) is 0 Å². The molecule has 23 heavy (non-hydrogen) atoms. The molecule has 1 atom stereocenters. The summed E-state index contributed by atoms with van der Waals surface area (Å²) in [4.78, 5) is 22.1. The van der Waals surface area contributed by atoms with Gasteiger partial charge in [-0.3, -0.25) is 14.9 Å². The molecular weight excluding hydrogens is 294 g/mol. The van der Waals surface area contributed by atoms with Gasteiger partial charge in [-0.15, -0.1) is 0 Å². The van der Waals surface area contributed by atoms with Crippen molar-refractivity contribution in [1.82, 2.24) is 5.32 Å². The zero-order chi connectivity index (χ0) is 17.0. The zero-order valence-electron chi connectivity index (χ0n) is 13.3. The number of nitrogens with zero attached hydrogens (tertiary/aromatic N) is 1. The summed E-state index contributed by atoms with van der Waals surface area (Å²) in [6.07, 6.45) is 0. The van der Waals surface area contributed by atoms with Crippen molar-refractivity contribution in [3.63, 3.8) is 0 Å². The second-order valence-corrected chi connectivity index (χ2v) is 5.45. The number of carbonyl (C=O) groups excluding carboxylic acids is 1. The smallest absolute Gasteiger partial charge is 0.293 e. The van der Waals surface area contributed by atoms with Crippen LogP contribution in [0.2, 0.25) is 0 Å². The quantitative estimate of drug-likeness (QED) is 0.648. The van der Waals surface area contributed by atoms with Crippen LogP contribution in [0.1, 0.15) is 31.0 Å². The number of anilines is 2. The largest absolute Gasteiger partial charge is 0.350 e. The highest BCUT2D eigenvalue weighted by Gasteiger charge is 2.17. The molecule has 0 fully saturated rings. The van der Waals surface area contributed by atoms with Crippen LogP contribution >= 0.6 is 0 Å². The lowest BCUT2D eigenvalue weighted by molar-refractivity contribution is -0.384. The van der Waals surface area contributed by atoms with E-state index in [0.717, 1.165) is 11.3 Å². The van der Waals surface area contributed by atoms with Crippen molar-refractivity contribution in [3.8, 4) is 0 Å². The lowest BCUT2D eigenvalue weighted by Crippen LogP contribution is -2.23. The van der Waals surface area contributed by atoms with Crippen molar-refractivity contribution in [1.29, 1.82) is 0 Å². The van der Waals surface area contributed by atoms with Gasteiger partial charge in [0.15, 0.2) is 0 Å². The third-order valence-electron chi connectivity index (χ3n) is 3.44. The van der Waals surface area contributed by atoms with Gasteiger partial charge in [-0.25, -0.2) is 0 Å². The number of carbonyl (C=O) groups is 1. The zero-order valence-corrected chi connectivity index (χ0v) is 13.3. The van der Waals surface area contributed by atoms with Crippen molar-refractivity contribution in [2.24, 2.45) is 0 Å². The van der Waals surface area contributed by atoms with Gasteiger partial charge in [-0.2, -0.15) is 0 Å². The van der Waals surface area contributed by atoms with Crippen LogP contribution in [-0.2, 0) is 4.79 Å². The van der Waals surface area contributed by atoms with Gasteiger partial charge in [0.05, 0.1) is 11.0 Å². The molecular formula is C17H19N3O3. The lowest BCUT2D eigenvalue weighted by Gasteiger charge is -2.14. The Morgan fingerprint density at radius 3 is 2.57 bits per heavy atom. The fraction of sp³-hybridized carbons (Fsp3) is 0.235. The van der Waals surface area contributed by atoms with Crippen LogP contribution in [0.4, 0.5) is 17.1 Å². The van der Waals surface area contributed by atoms with E-state index in [1.807, 2.05) is 31.2 Å². The molecule has 2 aromatic rings. The number of nitrogens with one attached hydrogen (secondary N) is 2. The summed E-state index contributed by atoms with van der Waals surface area (Å²) < 4.78 is 0. The number of hydrogen-bond acceptors (Lipinski definition) is 4. The Bertz CT molecular complexity index is 744. The summed E-state index contributed by atoms with van der Waals surface area (Å²) in [6.45, 7) is 5.16. The van der Waals surface area contributed by atoms with E-state index in [0.29, 0.717) is 11.3 Å². The van der Waals surface area contributed by atoms with Gasteiger partial charge >= 0.3 is 0 Å². The second-order valence-electron chi connectivity index (χ2n) is 5.45. The highest BCUT2D eigenvalue weighted by molar-refractivity contribution is 5.74. The average molecular weight is 313 g/mol. The number of benzene rings is 2. The van der Waals surface area contributed by atoms with Gasteiger partial charge in [-0.05, 0) is 43.2 Å². The highest BCUT2D eigenvalue weighted by atomic mass is 16.6. The van der Waals surface area contributed by atoms with Crippen LogP contribution in [0.15, 0.2) is 42.5 Å². The van der Waals surface area contributed by atoms with E-state index in [2.05, 4.69) is 10.6 Å². The topological polar surface area (TPSA) is 84.3 Å². The van der Waals surface area contributed by atoms with Gasteiger partial charge < -0.3 is 10.6 Å². The first kappa shape index (κ1) is 16.5. The van der Waals surface area contributed by atoms with E-state index in [1.165, 1.54) is 13.0 Å². The first-order valence-electron chi connectivity index (χ1n) is 7.26. The fourth-order valence-electron chi connectivity index (χ4n) is 2.34. The first-order chi connectivity index (χ1) is 10.9. The van der Waals surface area contributed by atoms with Gasteiger partial charge in [-0.1, -0.05) is 18.2 Å². The molecule has 0 bridgehead atoms. The molecule has 0 saturated carbocycles. The van der Waals surface area contributed by atoms with Crippen LogP contribution < -0.4 is 10.6 Å². The maximum Gasteiger partial charge on any atom is 0.293 e. The molecule has 0 spiro atoms. The number of rotatable bonds is 5. The molecule has 2 N–H and O–H groups in total. The minimum Gasteiger partial charge on any atom is -0.350 e. The summed E-state index contributed by atoms with van der Waals surface area (Å²) in [5.41, 5.74) is 2.92.